The molecule has 1 heterocycles. The summed E-state index contributed by atoms with van der Waals surface area (Å²) in [6.07, 6.45) is 2.50. The molecule has 0 amide bonds. The lowest BCUT2D eigenvalue weighted by Crippen LogP contribution is -2.21. The molecule has 4 heteroatoms. The van der Waals surface area contributed by atoms with E-state index in [1.165, 1.54) is 5.56 Å². The van der Waals surface area contributed by atoms with Crippen molar-refractivity contribution in [3.8, 4) is 0 Å². The van der Waals surface area contributed by atoms with Gasteiger partial charge in [-0.25, -0.2) is 9.67 Å². The molecule has 0 saturated carbocycles. The second-order valence-corrected chi connectivity index (χ2v) is 5.21. The molecule has 2 aromatic rings. The highest BCUT2D eigenvalue weighted by Gasteiger charge is 2.14. The Hall–Kier alpha value is -1.68. The maximum atomic E-state index is 4.39. The van der Waals surface area contributed by atoms with Crippen LogP contribution in [0, 0.1) is 5.92 Å². The summed E-state index contributed by atoms with van der Waals surface area (Å²) in [4.78, 5) is 4.39. The summed E-state index contributed by atoms with van der Waals surface area (Å²) in [7, 11) is 1.99. The molecule has 0 bridgehead atoms. The average Bonchev–Trinajstić information content (AvgIpc) is 2.83. The molecule has 0 fully saturated rings. The Labute approximate surface area is 114 Å². The minimum Gasteiger partial charge on any atom is -0.313 e. The van der Waals surface area contributed by atoms with Gasteiger partial charge in [0.05, 0.1) is 0 Å². The molecule has 102 valence electrons. The molecule has 4 nitrogen and oxygen atoms in total. The van der Waals surface area contributed by atoms with Crippen molar-refractivity contribution in [3.05, 3.63) is 48.0 Å². The van der Waals surface area contributed by atoms with Gasteiger partial charge in [0.25, 0.3) is 0 Å². The number of aromatic nitrogens is 3. The largest absolute Gasteiger partial charge is 0.313 e. The van der Waals surface area contributed by atoms with Crippen molar-refractivity contribution in [1.82, 2.24) is 20.1 Å². The minimum atomic E-state index is 0.274. The standard InChI is InChI=1S/C15H22N4/c1-12(2)10-19-15(17-11-18-19)9-14(16-3)13-7-5-4-6-8-13/h4-8,11-12,14,16H,9-10H2,1-3H3. The quantitative estimate of drug-likeness (QED) is 0.865. The van der Waals surface area contributed by atoms with Crippen LogP contribution in [0.3, 0.4) is 0 Å². The molecule has 1 aromatic carbocycles. The Bertz CT molecular complexity index is 490. The third kappa shape index (κ3) is 3.64. The van der Waals surface area contributed by atoms with E-state index in [0.29, 0.717) is 5.92 Å². The molecule has 0 aliphatic rings. The summed E-state index contributed by atoms with van der Waals surface area (Å²) >= 11 is 0. The summed E-state index contributed by atoms with van der Waals surface area (Å²) in [5, 5.41) is 7.67. The number of benzene rings is 1. The molecule has 1 atom stereocenters. The maximum absolute atomic E-state index is 4.39. The molecular formula is C15H22N4. The Morgan fingerprint density at radius 2 is 1.95 bits per heavy atom. The lowest BCUT2D eigenvalue weighted by Gasteiger charge is -2.17. The predicted molar refractivity (Wildman–Crippen MR) is 76.8 cm³/mol. The first-order chi connectivity index (χ1) is 9.20. The highest BCUT2D eigenvalue weighted by molar-refractivity contribution is 5.19. The van der Waals surface area contributed by atoms with E-state index in [-0.39, 0.29) is 6.04 Å². The van der Waals surface area contributed by atoms with Gasteiger partial charge < -0.3 is 5.32 Å². The van der Waals surface area contributed by atoms with Crippen molar-refractivity contribution in [1.29, 1.82) is 0 Å². The van der Waals surface area contributed by atoms with E-state index in [1.54, 1.807) is 6.33 Å². The van der Waals surface area contributed by atoms with E-state index in [9.17, 15) is 0 Å². The van der Waals surface area contributed by atoms with Gasteiger partial charge in [0.1, 0.15) is 12.2 Å². The lowest BCUT2D eigenvalue weighted by molar-refractivity contribution is 0.451. The lowest BCUT2D eigenvalue weighted by atomic mass is 10.0. The molecule has 0 aliphatic heterocycles. The van der Waals surface area contributed by atoms with Crippen LogP contribution >= 0.6 is 0 Å². The topological polar surface area (TPSA) is 42.7 Å². The monoisotopic (exact) mass is 258 g/mol. The fourth-order valence-corrected chi connectivity index (χ4v) is 2.20. The van der Waals surface area contributed by atoms with Gasteiger partial charge in [0, 0.05) is 19.0 Å². The molecule has 2 rings (SSSR count). The Kier molecular flexibility index (Phi) is 4.68. The van der Waals surface area contributed by atoms with E-state index >= 15 is 0 Å². The van der Waals surface area contributed by atoms with Gasteiger partial charge in [-0.3, -0.25) is 0 Å². The third-order valence-electron chi connectivity index (χ3n) is 3.17. The Morgan fingerprint density at radius 1 is 1.21 bits per heavy atom. The summed E-state index contributed by atoms with van der Waals surface area (Å²) in [5.41, 5.74) is 1.28. The summed E-state index contributed by atoms with van der Waals surface area (Å²) in [6, 6.07) is 10.7. The predicted octanol–water partition coefficient (Wildman–Crippen LogP) is 2.44. The average molecular weight is 258 g/mol. The zero-order chi connectivity index (χ0) is 13.7. The first-order valence-corrected chi connectivity index (χ1v) is 6.79. The maximum Gasteiger partial charge on any atom is 0.138 e. The minimum absolute atomic E-state index is 0.274. The van der Waals surface area contributed by atoms with Gasteiger partial charge in [0.15, 0.2) is 0 Å². The number of nitrogens with one attached hydrogen (secondary N) is 1. The van der Waals surface area contributed by atoms with Gasteiger partial charge >= 0.3 is 0 Å². The normalized spacial score (nSPS) is 12.8. The van der Waals surface area contributed by atoms with Gasteiger partial charge in [0.2, 0.25) is 0 Å². The first kappa shape index (κ1) is 13.7. The zero-order valence-corrected chi connectivity index (χ0v) is 11.9. The van der Waals surface area contributed by atoms with Crippen molar-refractivity contribution in [2.75, 3.05) is 7.05 Å². The van der Waals surface area contributed by atoms with E-state index in [1.807, 2.05) is 17.8 Å². The third-order valence-corrected chi connectivity index (χ3v) is 3.17. The van der Waals surface area contributed by atoms with Crippen molar-refractivity contribution in [3.63, 3.8) is 0 Å². The van der Waals surface area contributed by atoms with Gasteiger partial charge in [-0.15, -0.1) is 0 Å². The number of hydrogen-bond acceptors (Lipinski definition) is 3. The van der Waals surface area contributed by atoms with Crippen LogP contribution in [0.4, 0.5) is 0 Å². The van der Waals surface area contributed by atoms with Crippen LogP contribution in [0.1, 0.15) is 31.3 Å². The SMILES string of the molecule is CNC(Cc1ncnn1CC(C)C)c1ccccc1. The van der Waals surface area contributed by atoms with Gasteiger partial charge in [-0.2, -0.15) is 5.10 Å². The highest BCUT2D eigenvalue weighted by Crippen LogP contribution is 2.17. The van der Waals surface area contributed by atoms with Crippen LogP contribution in [0.25, 0.3) is 0 Å². The summed E-state index contributed by atoms with van der Waals surface area (Å²) in [5.74, 6) is 1.61. The van der Waals surface area contributed by atoms with Crippen molar-refractivity contribution >= 4 is 0 Å². The number of hydrogen-bond donors (Lipinski definition) is 1. The van der Waals surface area contributed by atoms with E-state index in [2.05, 4.69) is 53.5 Å². The van der Waals surface area contributed by atoms with E-state index in [4.69, 9.17) is 0 Å². The number of rotatable bonds is 6. The van der Waals surface area contributed by atoms with Crippen molar-refractivity contribution in [2.45, 2.75) is 32.9 Å². The Balaban J connectivity index is 2.13. The molecule has 0 radical (unpaired) electrons. The van der Waals surface area contributed by atoms with Crippen LogP contribution in [0.5, 0.6) is 0 Å². The second-order valence-electron chi connectivity index (χ2n) is 5.21. The van der Waals surface area contributed by atoms with Crippen molar-refractivity contribution < 1.29 is 0 Å². The molecule has 0 saturated heterocycles. The van der Waals surface area contributed by atoms with Gasteiger partial charge in [-0.1, -0.05) is 44.2 Å². The van der Waals surface area contributed by atoms with Crippen LogP contribution in [-0.2, 0) is 13.0 Å². The molecular weight excluding hydrogens is 236 g/mol. The van der Waals surface area contributed by atoms with Crippen LogP contribution in [0.2, 0.25) is 0 Å². The Morgan fingerprint density at radius 3 is 2.58 bits per heavy atom. The molecule has 1 aromatic heterocycles. The second kappa shape index (κ2) is 6.48. The molecule has 1 N–H and O–H groups in total. The first-order valence-electron chi connectivity index (χ1n) is 6.79. The van der Waals surface area contributed by atoms with Crippen LogP contribution in [-0.4, -0.2) is 21.8 Å². The molecule has 0 spiro atoms. The van der Waals surface area contributed by atoms with Crippen LogP contribution < -0.4 is 5.32 Å². The molecule has 0 aliphatic carbocycles. The highest BCUT2D eigenvalue weighted by atomic mass is 15.3. The van der Waals surface area contributed by atoms with Gasteiger partial charge in [-0.05, 0) is 18.5 Å². The fourth-order valence-electron chi connectivity index (χ4n) is 2.20. The number of nitrogens with zero attached hydrogens (tertiary/aromatic N) is 3. The smallest absolute Gasteiger partial charge is 0.138 e. The summed E-state index contributed by atoms with van der Waals surface area (Å²) in [6.45, 7) is 5.30. The van der Waals surface area contributed by atoms with Crippen LogP contribution in [0.15, 0.2) is 36.7 Å². The van der Waals surface area contributed by atoms with Crippen molar-refractivity contribution in [2.24, 2.45) is 5.92 Å². The number of likely N-dealkylation sites (N-methyl/N-ethyl adjacent to an activating group) is 1. The van der Waals surface area contributed by atoms with E-state index < -0.39 is 0 Å². The molecule has 19 heavy (non-hydrogen) atoms. The zero-order valence-electron chi connectivity index (χ0n) is 11.9. The van der Waals surface area contributed by atoms with E-state index in [0.717, 1.165) is 18.8 Å². The summed E-state index contributed by atoms with van der Waals surface area (Å²) < 4.78 is 2.01. The fraction of sp³-hybridized carbons (Fsp3) is 0.467. The molecule has 1 unspecified atom stereocenters.